The average Bonchev–Trinajstić information content (AvgIpc) is 3.21. The highest BCUT2D eigenvalue weighted by Gasteiger charge is 2.34. The molecule has 0 bridgehead atoms. The summed E-state index contributed by atoms with van der Waals surface area (Å²) >= 11 is 7.68. The fourth-order valence-electron chi connectivity index (χ4n) is 2.90. The van der Waals surface area contributed by atoms with E-state index in [1.807, 2.05) is 24.3 Å². The SMILES string of the molecule is CC(=N)N(C=N)c1sc(C)c(C)c1C(=NC1CC1C)c1ccc(Cl)cc1. The zero-order chi connectivity index (χ0) is 19.0. The first-order chi connectivity index (χ1) is 12.3. The van der Waals surface area contributed by atoms with Crippen LogP contribution in [0.5, 0.6) is 0 Å². The number of aryl methyl sites for hydroxylation is 1. The summed E-state index contributed by atoms with van der Waals surface area (Å²) in [5.74, 6) is 0.918. The van der Waals surface area contributed by atoms with Crippen molar-refractivity contribution in [1.82, 2.24) is 0 Å². The van der Waals surface area contributed by atoms with Crippen LogP contribution in [0.25, 0.3) is 0 Å². The van der Waals surface area contributed by atoms with Crippen molar-refractivity contribution in [2.24, 2.45) is 10.9 Å². The summed E-state index contributed by atoms with van der Waals surface area (Å²) < 4.78 is 0. The van der Waals surface area contributed by atoms with E-state index in [0.717, 1.165) is 33.8 Å². The van der Waals surface area contributed by atoms with E-state index >= 15 is 0 Å². The van der Waals surface area contributed by atoms with Crippen LogP contribution in [0, 0.1) is 30.6 Å². The maximum absolute atomic E-state index is 8.05. The quantitative estimate of drug-likeness (QED) is 0.504. The largest absolute Gasteiger partial charge is 0.291 e. The van der Waals surface area contributed by atoms with Gasteiger partial charge in [0.25, 0.3) is 0 Å². The van der Waals surface area contributed by atoms with Crippen LogP contribution >= 0.6 is 22.9 Å². The monoisotopic (exact) mass is 386 g/mol. The molecular formula is C20H23ClN4S. The van der Waals surface area contributed by atoms with Crippen LogP contribution in [0.2, 0.25) is 5.02 Å². The van der Waals surface area contributed by atoms with Gasteiger partial charge in [0, 0.05) is 21.0 Å². The minimum atomic E-state index is 0.317. The summed E-state index contributed by atoms with van der Waals surface area (Å²) in [7, 11) is 0. The first-order valence-electron chi connectivity index (χ1n) is 8.62. The Labute approximate surface area is 163 Å². The molecule has 1 heterocycles. The molecule has 4 nitrogen and oxygen atoms in total. The van der Waals surface area contributed by atoms with Gasteiger partial charge >= 0.3 is 0 Å². The van der Waals surface area contributed by atoms with Crippen LogP contribution in [0.15, 0.2) is 29.3 Å². The Kier molecular flexibility index (Phi) is 5.30. The van der Waals surface area contributed by atoms with Gasteiger partial charge in [-0.05, 0) is 50.8 Å². The average molecular weight is 387 g/mol. The van der Waals surface area contributed by atoms with Gasteiger partial charge in [-0.2, -0.15) is 0 Å². The van der Waals surface area contributed by atoms with Gasteiger partial charge in [0.05, 0.1) is 18.1 Å². The van der Waals surface area contributed by atoms with E-state index in [1.165, 1.54) is 11.2 Å². The van der Waals surface area contributed by atoms with Gasteiger partial charge in [0.1, 0.15) is 10.8 Å². The van der Waals surface area contributed by atoms with E-state index < -0.39 is 0 Å². The minimum absolute atomic E-state index is 0.317. The third-order valence-corrected chi connectivity index (χ3v) is 6.25. The van der Waals surface area contributed by atoms with E-state index in [2.05, 4.69) is 20.8 Å². The molecule has 1 saturated carbocycles. The Hall–Kier alpha value is -1.98. The van der Waals surface area contributed by atoms with E-state index in [9.17, 15) is 0 Å². The van der Waals surface area contributed by atoms with Crippen molar-refractivity contribution in [3.63, 3.8) is 0 Å². The van der Waals surface area contributed by atoms with E-state index in [-0.39, 0.29) is 0 Å². The first-order valence-corrected chi connectivity index (χ1v) is 9.82. The summed E-state index contributed by atoms with van der Waals surface area (Å²) in [4.78, 5) is 7.85. The number of rotatable bonds is 5. The van der Waals surface area contributed by atoms with Crippen LogP contribution in [0.4, 0.5) is 5.00 Å². The van der Waals surface area contributed by atoms with Crippen LogP contribution in [-0.2, 0) is 0 Å². The highest BCUT2D eigenvalue weighted by atomic mass is 35.5. The van der Waals surface area contributed by atoms with E-state index in [1.54, 1.807) is 23.2 Å². The van der Waals surface area contributed by atoms with Gasteiger partial charge in [-0.15, -0.1) is 11.3 Å². The number of nitrogens with one attached hydrogen (secondary N) is 2. The van der Waals surface area contributed by atoms with Crippen LogP contribution in [0.1, 0.15) is 41.8 Å². The Bertz CT molecular complexity index is 882. The fraction of sp³-hybridized carbons (Fsp3) is 0.350. The van der Waals surface area contributed by atoms with Gasteiger partial charge < -0.3 is 0 Å². The Morgan fingerprint density at radius 1 is 1.31 bits per heavy atom. The number of anilines is 1. The molecule has 0 amide bonds. The maximum Gasteiger partial charge on any atom is 0.112 e. The second kappa shape index (κ2) is 7.33. The summed E-state index contributed by atoms with van der Waals surface area (Å²) in [5.41, 5.74) is 4.12. The number of hydrogen-bond donors (Lipinski definition) is 2. The molecule has 3 rings (SSSR count). The standard InChI is InChI=1S/C20H23ClN4S/c1-11-9-17(11)24-19(15-5-7-16(21)8-6-15)18-12(2)13(3)26-20(18)25(10-22)14(4)23/h5-8,10-11,17,22-23H,9H2,1-4H3. The summed E-state index contributed by atoms with van der Waals surface area (Å²) in [6.45, 7) is 8.08. The highest BCUT2D eigenvalue weighted by molar-refractivity contribution is 7.17. The second-order valence-corrected chi connectivity index (χ2v) is 8.45. The third kappa shape index (κ3) is 3.60. The number of nitrogens with zero attached hydrogens (tertiary/aromatic N) is 2. The lowest BCUT2D eigenvalue weighted by Gasteiger charge is -2.19. The molecular weight excluding hydrogens is 364 g/mol. The van der Waals surface area contributed by atoms with Crippen LogP contribution < -0.4 is 4.90 Å². The molecule has 2 atom stereocenters. The van der Waals surface area contributed by atoms with Crippen LogP contribution in [0.3, 0.4) is 0 Å². The van der Waals surface area contributed by atoms with Crippen molar-refractivity contribution >= 4 is 45.8 Å². The zero-order valence-corrected chi connectivity index (χ0v) is 17.0. The summed E-state index contributed by atoms with van der Waals surface area (Å²) in [5, 5.41) is 17.4. The fourth-order valence-corrected chi connectivity index (χ4v) is 4.22. The molecule has 2 N–H and O–H groups in total. The molecule has 0 saturated heterocycles. The Balaban J connectivity index is 2.21. The molecule has 26 heavy (non-hydrogen) atoms. The van der Waals surface area contributed by atoms with E-state index in [4.69, 9.17) is 27.4 Å². The smallest absolute Gasteiger partial charge is 0.112 e. The number of aliphatic imine (C=N–C) groups is 1. The topological polar surface area (TPSA) is 63.3 Å². The predicted molar refractivity (Wildman–Crippen MR) is 113 cm³/mol. The molecule has 1 fully saturated rings. The van der Waals surface area contributed by atoms with Gasteiger partial charge in [0.2, 0.25) is 0 Å². The molecule has 1 aliphatic rings. The lowest BCUT2D eigenvalue weighted by Crippen LogP contribution is -2.26. The predicted octanol–water partition coefficient (Wildman–Crippen LogP) is 5.67. The number of thiophene rings is 1. The zero-order valence-electron chi connectivity index (χ0n) is 15.4. The maximum atomic E-state index is 8.05. The lowest BCUT2D eigenvalue weighted by atomic mass is 9.99. The molecule has 6 heteroatoms. The molecule has 0 spiro atoms. The van der Waals surface area contributed by atoms with Crippen molar-refractivity contribution in [3.05, 3.63) is 50.9 Å². The molecule has 1 aromatic carbocycles. The van der Waals surface area contributed by atoms with Gasteiger partial charge in [-0.1, -0.05) is 30.7 Å². The molecule has 0 radical (unpaired) electrons. The normalized spacial score (nSPS) is 19.3. The summed E-state index contributed by atoms with van der Waals surface area (Å²) in [6, 6.07) is 8.09. The van der Waals surface area contributed by atoms with Gasteiger partial charge in [-0.3, -0.25) is 20.7 Å². The number of hydrogen-bond acceptors (Lipinski definition) is 4. The third-order valence-electron chi connectivity index (χ3n) is 4.79. The second-order valence-electron chi connectivity index (χ2n) is 6.81. The molecule has 2 aromatic rings. The van der Waals surface area contributed by atoms with Crippen molar-refractivity contribution in [3.8, 4) is 0 Å². The van der Waals surface area contributed by atoms with Gasteiger partial charge in [-0.25, -0.2) is 0 Å². The van der Waals surface area contributed by atoms with Crippen LogP contribution in [-0.4, -0.2) is 23.9 Å². The summed E-state index contributed by atoms with van der Waals surface area (Å²) in [6.07, 6.45) is 2.31. The molecule has 1 aromatic heterocycles. The highest BCUT2D eigenvalue weighted by Crippen LogP contribution is 2.40. The minimum Gasteiger partial charge on any atom is -0.291 e. The van der Waals surface area contributed by atoms with E-state index in [0.29, 0.717) is 22.8 Å². The Morgan fingerprint density at radius 2 is 1.92 bits per heavy atom. The molecule has 2 unspecified atom stereocenters. The lowest BCUT2D eigenvalue weighted by molar-refractivity contribution is 0.895. The Morgan fingerprint density at radius 3 is 2.42 bits per heavy atom. The number of benzene rings is 1. The molecule has 1 aliphatic carbocycles. The van der Waals surface area contributed by atoms with Crippen molar-refractivity contribution in [1.29, 1.82) is 10.8 Å². The molecule has 0 aliphatic heterocycles. The number of halogens is 1. The number of amidine groups is 1. The molecule has 136 valence electrons. The first kappa shape index (κ1) is 18.8. The van der Waals surface area contributed by atoms with Gasteiger partial charge in [0.15, 0.2) is 0 Å². The van der Waals surface area contributed by atoms with Crippen molar-refractivity contribution in [2.45, 2.75) is 40.2 Å². The van der Waals surface area contributed by atoms with Crippen molar-refractivity contribution < 1.29 is 0 Å². The van der Waals surface area contributed by atoms with Crippen molar-refractivity contribution in [2.75, 3.05) is 4.90 Å².